The van der Waals surface area contributed by atoms with Crippen LogP contribution in [-0.2, 0) is 6.42 Å². The molecule has 0 fully saturated rings. The minimum absolute atomic E-state index is 0.0154. The summed E-state index contributed by atoms with van der Waals surface area (Å²) in [5, 5.41) is 9.97. The Labute approximate surface area is 123 Å². The van der Waals surface area contributed by atoms with Crippen LogP contribution in [0, 0.1) is 6.92 Å². The van der Waals surface area contributed by atoms with Gasteiger partial charge in [-0.2, -0.15) is 0 Å². The second kappa shape index (κ2) is 5.13. The molecule has 0 aliphatic carbocycles. The largest absolute Gasteiger partial charge is 0.507 e. The van der Waals surface area contributed by atoms with Crippen molar-refractivity contribution in [1.29, 1.82) is 0 Å². The van der Waals surface area contributed by atoms with Crippen molar-refractivity contribution in [2.45, 2.75) is 19.8 Å². The van der Waals surface area contributed by atoms with Crippen LogP contribution in [-0.4, -0.2) is 17.6 Å². The second-order valence-electron chi connectivity index (χ2n) is 5.43. The molecule has 4 heteroatoms. The van der Waals surface area contributed by atoms with Gasteiger partial charge in [0, 0.05) is 17.9 Å². The number of phenolic OH excluding ortho intramolecular Hbond substituents is 1. The van der Waals surface area contributed by atoms with Gasteiger partial charge in [-0.05, 0) is 49.6 Å². The molecule has 0 unspecified atom stereocenters. The molecule has 2 aromatic rings. The van der Waals surface area contributed by atoms with Gasteiger partial charge in [-0.1, -0.05) is 17.7 Å². The average Bonchev–Trinajstić information content (AvgIpc) is 2.49. The van der Waals surface area contributed by atoms with E-state index in [0.29, 0.717) is 12.1 Å². The quantitative estimate of drug-likeness (QED) is 0.790. The first kappa shape index (κ1) is 13.5. The Kier molecular flexibility index (Phi) is 3.29. The number of nitrogens with zero attached hydrogens (tertiary/aromatic N) is 1. The number of phenols is 1. The van der Waals surface area contributed by atoms with Crippen LogP contribution in [0.25, 0.3) is 0 Å². The molecule has 1 amide bonds. The van der Waals surface area contributed by atoms with Crippen molar-refractivity contribution >= 4 is 17.3 Å². The predicted octanol–water partition coefficient (Wildman–Crippen LogP) is 2.88. The zero-order chi connectivity index (χ0) is 15.0. The van der Waals surface area contributed by atoms with Crippen molar-refractivity contribution in [2.24, 2.45) is 0 Å². The first-order chi connectivity index (χ1) is 10.1. The lowest BCUT2D eigenvalue weighted by Gasteiger charge is -2.30. The zero-order valence-electron chi connectivity index (χ0n) is 12.0. The minimum Gasteiger partial charge on any atom is -0.507 e. The molecule has 0 saturated heterocycles. The Morgan fingerprint density at radius 3 is 2.90 bits per heavy atom. The summed E-state index contributed by atoms with van der Waals surface area (Å²) in [5.41, 5.74) is 9.89. The predicted molar refractivity (Wildman–Crippen MR) is 83.7 cm³/mol. The smallest absolute Gasteiger partial charge is 0.262 e. The number of anilines is 2. The molecule has 3 N–H and O–H groups in total. The van der Waals surface area contributed by atoms with Crippen molar-refractivity contribution in [3.05, 3.63) is 53.1 Å². The molecule has 1 heterocycles. The highest BCUT2D eigenvalue weighted by Crippen LogP contribution is 2.33. The van der Waals surface area contributed by atoms with Crippen molar-refractivity contribution in [3.63, 3.8) is 0 Å². The number of nitrogens with two attached hydrogens (primary N) is 1. The lowest BCUT2D eigenvalue weighted by atomic mass is 9.98. The molecule has 4 nitrogen and oxygen atoms in total. The molecule has 0 saturated carbocycles. The summed E-state index contributed by atoms with van der Waals surface area (Å²) in [7, 11) is 0. The van der Waals surface area contributed by atoms with Crippen molar-refractivity contribution in [2.75, 3.05) is 17.2 Å². The molecule has 2 aromatic carbocycles. The molecule has 3 rings (SSSR count). The van der Waals surface area contributed by atoms with Crippen molar-refractivity contribution in [1.82, 2.24) is 0 Å². The summed E-state index contributed by atoms with van der Waals surface area (Å²) >= 11 is 0. The molecule has 0 radical (unpaired) electrons. The highest BCUT2D eigenvalue weighted by Gasteiger charge is 2.26. The molecular formula is C17H18N2O2. The molecule has 21 heavy (non-hydrogen) atoms. The molecule has 1 aliphatic heterocycles. The first-order valence-corrected chi connectivity index (χ1v) is 7.07. The van der Waals surface area contributed by atoms with E-state index in [1.165, 1.54) is 0 Å². The average molecular weight is 282 g/mol. The van der Waals surface area contributed by atoms with Gasteiger partial charge in [0.15, 0.2) is 0 Å². The molecule has 0 spiro atoms. The topological polar surface area (TPSA) is 66.6 Å². The van der Waals surface area contributed by atoms with Gasteiger partial charge < -0.3 is 15.7 Å². The van der Waals surface area contributed by atoms with Crippen molar-refractivity contribution < 1.29 is 9.90 Å². The fourth-order valence-corrected chi connectivity index (χ4v) is 2.83. The van der Waals surface area contributed by atoms with Gasteiger partial charge in [0.25, 0.3) is 5.91 Å². The van der Waals surface area contributed by atoms with Crippen LogP contribution in [0.1, 0.15) is 27.9 Å². The molecule has 0 aromatic heterocycles. The number of hydrogen-bond donors (Lipinski definition) is 2. The van der Waals surface area contributed by atoms with Crippen molar-refractivity contribution in [3.8, 4) is 5.75 Å². The fraction of sp³-hybridized carbons (Fsp3) is 0.235. The summed E-state index contributed by atoms with van der Waals surface area (Å²) in [4.78, 5) is 14.5. The summed E-state index contributed by atoms with van der Waals surface area (Å²) in [6, 6.07) is 10.7. The maximum absolute atomic E-state index is 12.8. The van der Waals surface area contributed by atoms with E-state index in [1.807, 2.05) is 25.1 Å². The van der Waals surface area contributed by atoms with E-state index in [1.54, 1.807) is 23.1 Å². The normalized spacial score (nSPS) is 13.9. The fourth-order valence-electron chi connectivity index (χ4n) is 2.83. The van der Waals surface area contributed by atoms with Crippen LogP contribution in [0.15, 0.2) is 36.4 Å². The lowest BCUT2D eigenvalue weighted by molar-refractivity contribution is 0.0982. The van der Waals surface area contributed by atoms with Gasteiger partial charge in [-0.3, -0.25) is 4.79 Å². The monoisotopic (exact) mass is 282 g/mol. The SMILES string of the molecule is Cc1ccc(O)c(C(=O)N2CCCc3c(N)cccc32)c1. The number of carbonyl (C=O) groups excluding carboxylic acids is 1. The van der Waals surface area contributed by atoms with Gasteiger partial charge in [0.05, 0.1) is 5.56 Å². The van der Waals surface area contributed by atoms with Crippen LogP contribution in [0.3, 0.4) is 0 Å². The Hall–Kier alpha value is -2.49. The van der Waals surface area contributed by atoms with Crippen LogP contribution >= 0.6 is 0 Å². The maximum Gasteiger partial charge on any atom is 0.262 e. The number of hydrogen-bond acceptors (Lipinski definition) is 3. The Bertz CT molecular complexity index is 710. The van der Waals surface area contributed by atoms with E-state index < -0.39 is 0 Å². The number of carbonyl (C=O) groups is 1. The van der Waals surface area contributed by atoms with Crippen LogP contribution in [0.4, 0.5) is 11.4 Å². The van der Waals surface area contributed by atoms with E-state index >= 15 is 0 Å². The van der Waals surface area contributed by atoms with Gasteiger partial charge in [0.1, 0.15) is 5.75 Å². The summed E-state index contributed by atoms with van der Waals surface area (Å²) in [6.07, 6.45) is 1.76. The Balaban J connectivity index is 2.04. The standard InChI is InChI=1S/C17H18N2O2/c1-11-7-8-16(20)13(10-11)17(21)19-9-3-4-12-14(18)5-2-6-15(12)19/h2,5-8,10,20H,3-4,9,18H2,1H3. The summed E-state index contributed by atoms with van der Waals surface area (Å²) < 4.78 is 0. The molecule has 0 bridgehead atoms. The van der Waals surface area contributed by atoms with Gasteiger partial charge in [-0.25, -0.2) is 0 Å². The molecular weight excluding hydrogens is 264 g/mol. The molecule has 108 valence electrons. The van der Waals surface area contributed by atoms with Gasteiger partial charge in [0.2, 0.25) is 0 Å². The first-order valence-electron chi connectivity index (χ1n) is 7.07. The summed E-state index contributed by atoms with van der Waals surface area (Å²) in [6.45, 7) is 2.54. The number of benzene rings is 2. The van der Waals surface area contributed by atoms with E-state index in [4.69, 9.17) is 5.73 Å². The Morgan fingerprint density at radius 1 is 1.29 bits per heavy atom. The van der Waals surface area contributed by atoms with Crippen LogP contribution < -0.4 is 10.6 Å². The van der Waals surface area contributed by atoms with E-state index in [2.05, 4.69) is 0 Å². The zero-order valence-corrected chi connectivity index (χ0v) is 12.0. The highest BCUT2D eigenvalue weighted by molar-refractivity contribution is 6.08. The number of rotatable bonds is 1. The van der Waals surface area contributed by atoms with Crippen LogP contribution in [0.2, 0.25) is 0 Å². The van der Waals surface area contributed by atoms with E-state index in [0.717, 1.165) is 35.3 Å². The number of aryl methyl sites for hydroxylation is 1. The second-order valence-corrected chi connectivity index (χ2v) is 5.43. The lowest BCUT2D eigenvalue weighted by Crippen LogP contribution is -2.35. The molecule has 0 atom stereocenters. The van der Waals surface area contributed by atoms with E-state index in [-0.39, 0.29) is 11.7 Å². The third-order valence-electron chi connectivity index (χ3n) is 3.91. The maximum atomic E-state index is 12.8. The highest BCUT2D eigenvalue weighted by atomic mass is 16.3. The Morgan fingerprint density at radius 2 is 2.10 bits per heavy atom. The minimum atomic E-state index is -0.178. The third kappa shape index (κ3) is 2.33. The van der Waals surface area contributed by atoms with Crippen LogP contribution in [0.5, 0.6) is 5.75 Å². The third-order valence-corrected chi connectivity index (χ3v) is 3.91. The van der Waals surface area contributed by atoms with Gasteiger partial charge in [-0.15, -0.1) is 0 Å². The molecule has 1 aliphatic rings. The van der Waals surface area contributed by atoms with E-state index in [9.17, 15) is 9.90 Å². The number of fused-ring (bicyclic) bond motifs is 1. The number of nitrogen functional groups attached to an aromatic ring is 1. The number of amides is 1. The summed E-state index contributed by atoms with van der Waals surface area (Å²) in [5.74, 6) is -0.163. The number of aromatic hydroxyl groups is 1. The van der Waals surface area contributed by atoms with Gasteiger partial charge >= 0.3 is 0 Å².